The fourth-order valence-corrected chi connectivity index (χ4v) is 5.38. The molecule has 0 bridgehead atoms. The van der Waals surface area contributed by atoms with Crippen LogP contribution in [0.2, 0.25) is 0 Å². The normalized spacial score (nSPS) is 14.4. The number of hydrogen-bond acceptors (Lipinski definition) is 7. The van der Waals surface area contributed by atoms with Crippen molar-refractivity contribution in [2.45, 2.75) is 51.2 Å². The van der Waals surface area contributed by atoms with E-state index in [-0.39, 0.29) is 24.2 Å². The molecule has 0 radical (unpaired) electrons. The van der Waals surface area contributed by atoms with Crippen LogP contribution in [0.5, 0.6) is 17.2 Å². The first-order valence-electron chi connectivity index (χ1n) is 12.5. The Morgan fingerprint density at radius 1 is 1.00 bits per heavy atom. The maximum Gasteiger partial charge on any atom is 0.244 e. The Labute approximate surface area is 224 Å². The van der Waals surface area contributed by atoms with Gasteiger partial charge in [-0.15, -0.1) is 0 Å². The summed E-state index contributed by atoms with van der Waals surface area (Å²) in [5.41, 5.74) is 0.984. The van der Waals surface area contributed by atoms with E-state index in [1.165, 1.54) is 31.3 Å². The molecule has 0 saturated heterocycles. The largest absolute Gasteiger partial charge is 0.497 e. The van der Waals surface area contributed by atoms with Gasteiger partial charge in [0.25, 0.3) is 0 Å². The summed E-state index contributed by atoms with van der Waals surface area (Å²) >= 11 is 0. The first-order chi connectivity index (χ1) is 18.1. The number of benzene rings is 2. The van der Waals surface area contributed by atoms with Gasteiger partial charge in [-0.2, -0.15) is 0 Å². The third kappa shape index (κ3) is 7.31. The number of nitrogens with one attached hydrogen (secondary N) is 1. The van der Waals surface area contributed by atoms with Crippen LogP contribution in [0.3, 0.4) is 0 Å². The summed E-state index contributed by atoms with van der Waals surface area (Å²) in [6, 6.07) is 11.0. The highest BCUT2D eigenvalue weighted by Gasteiger charge is 2.31. The molecule has 0 unspecified atom stereocenters. The van der Waals surface area contributed by atoms with Crippen LogP contribution in [-0.2, 0) is 26.2 Å². The lowest BCUT2D eigenvalue weighted by Crippen LogP contribution is -2.52. The van der Waals surface area contributed by atoms with Gasteiger partial charge < -0.3 is 24.4 Å². The first kappa shape index (κ1) is 29.1. The second-order valence-corrected chi connectivity index (χ2v) is 11.3. The molecule has 1 N–H and O–H groups in total. The van der Waals surface area contributed by atoms with E-state index >= 15 is 0 Å². The Balaban J connectivity index is 1.92. The summed E-state index contributed by atoms with van der Waals surface area (Å²) in [6.45, 7) is 1.25. The van der Waals surface area contributed by atoms with Crippen LogP contribution in [0.15, 0.2) is 42.5 Å². The van der Waals surface area contributed by atoms with E-state index in [1.54, 1.807) is 38.3 Å². The van der Waals surface area contributed by atoms with Crippen LogP contribution in [-0.4, -0.2) is 71.3 Å². The molecular formula is C27H37N3O7S. The molecule has 0 aromatic heterocycles. The molecule has 0 heterocycles. The number of hydrogen-bond donors (Lipinski definition) is 1. The van der Waals surface area contributed by atoms with Gasteiger partial charge in [-0.25, -0.2) is 8.42 Å². The van der Waals surface area contributed by atoms with E-state index in [2.05, 4.69) is 5.32 Å². The molecule has 1 aliphatic rings. The maximum atomic E-state index is 13.7. The van der Waals surface area contributed by atoms with Crippen molar-refractivity contribution in [3.63, 3.8) is 0 Å². The maximum absolute atomic E-state index is 13.7. The Hall–Kier alpha value is -3.47. The van der Waals surface area contributed by atoms with Gasteiger partial charge >= 0.3 is 0 Å². The summed E-state index contributed by atoms with van der Waals surface area (Å²) in [6.07, 6.45) is 4.95. The zero-order valence-corrected chi connectivity index (χ0v) is 23.4. The van der Waals surface area contributed by atoms with Crippen LogP contribution in [0.1, 0.15) is 38.2 Å². The molecule has 11 heteroatoms. The van der Waals surface area contributed by atoms with Gasteiger partial charge in [0.2, 0.25) is 21.8 Å². The van der Waals surface area contributed by atoms with Crippen LogP contribution >= 0.6 is 0 Å². The number of nitrogens with zero attached hydrogens (tertiary/aromatic N) is 2. The quantitative estimate of drug-likeness (QED) is 0.435. The van der Waals surface area contributed by atoms with Crippen molar-refractivity contribution in [3.05, 3.63) is 48.0 Å². The molecule has 208 valence electrons. The van der Waals surface area contributed by atoms with Crippen LogP contribution < -0.4 is 23.8 Å². The summed E-state index contributed by atoms with van der Waals surface area (Å²) in [5.74, 6) is 0.560. The van der Waals surface area contributed by atoms with Gasteiger partial charge in [-0.05, 0) is 49.6 Å². The molecule has 1 aliphatic carbocycles. The van der Waals surface area contributed by atoms with Gasteiger partial charge in [0.05, 0.1) is 33.3 Å². The minimum Gasteiger partial charge on any atom is -0.497 e. The lowest BCUT2D eigenvalue weighted by atomic mass is 10.1. The minimum atomic E-state index is -3.87. The SMILES string of the molecule is COc1cccc(CN(C(=O)CN(c2ccc(OC)c(OC)c2)S(C)(=O)=O)[C@@H](C)C(=O)NC2CCCC2)c1. The minimum absolute atomic E-state index is 0.0815. The molecule has 2 aromatic rings. The van der Waals surface area contributed by atoms with Gasteiger partial charge in [-0.1, -0.05) is 25.0 Å². The zero-order chi connectivity index (χ0) is 27.9. The van der Waals surface area contributed by atoms with Crippen LogP contribution in [0, 0.1) is 0 Å². The second-order valence-electron chi connectivity index (χ2n) is 9.35. The molecule has 0 aliphatic heterocycles. The third-order valence-electron chi connectivity index (χ3n) is 6.69. The van der Waals surface area contributed by atoms with E-state index in [4.69, 9.17) is 14.2 Å². The average Bonchev–Trinajstić information content (AvgIpc) is 3.41. The first-order valence-corrected chi connectivity index (χ1v) is 14.3. The molecule has 2 amide bonds. The molecule has 2 aromatic carbocycles. The zero-order valence-electron chi connectivity index (χ0n) is 22.6. The van der Waals surface area contributed by atoms with Crippen LogP contribution in [0.25, 0.3) is 0 Å². The summed E-state index contributed by atoms with van der Waals surface area (Å²) < 4.78 is 42.5. The molecule has 38 heavy (non-hydrogen) atoms. The van der Waals surface area contributed by atoms with Crippen molar-refractivity contribution in [2.75, 3.05) is 38.4 Å². The van der Waals surface area contributed by atoms with Gasteiger partial charge in [-0.3, -0.25) is 13.9 Å². The molecular weight excluding hydrogens is 510 g/mol. The number of ether oxygens (including phenoxy) is 3. The molecule has 1 saturated carbocycles. The summed E-state index contributed by atoms with van der Waals surface area (Å²) in [7, 11) is 0.597. The molecule has 0 spiro atoms. The fraction of sp³-hybridized carbons (Fsp3) is 0.481. The van der Waals surface area contributed by atoms with Crippen LogP contribution in [0.4, 0.5) is 5.69 Å². The monoisotopic (exact) mass is 547 g/mol. The highest BCUT2D eigenvalue weighted by molar-refractivity contribution is 7.92. The summed E-state index contributed by atoms with van der Waals surface area (Å²) in [5, 5.41) is 3.05. The number of anilines is 1. The smallest absolute Gasteiger partial charge is 0.244 e. The number of sulfonamides is 1. The lowest BCUT2D eigenvalue weighted by Gasteiger charge is -2.32. The Morgan fingerprint density at radius 2 is 1.68 bits per heavy atom. The number of rotatable bonds is 12. The average molecular weight is 548 g/mol. The van der Waals surface area contributed by atoms with Gasteiger partial charge in [0.15, 0.2) is 11.5 Å². The number of carbonyl (C=O) groups is 2. The molecule has 3 rings (SSSR count). The molecule has 1 fully saturated rings. The van der Waals surface area contributed by atoms with E-state index in [0.29, 0.717) is 17.2 Å². The topological polar surface area (TPSA) is 114 Å². The van der Waals surface area contributed by atoms with Gasteiger partial charge in [0, 0.05) is 18.7 Å². The number of amides is 2. The van der Waals surface area contributed by atoms with Crippen molar-refractivity contribution in [1.29, 1.82) is 0 Å². The third-order valence-corrected chi connectivity index (χ3v) is 7.83. The predicted molar refractivity (Wildman–Crippen MR) is 145 cm³/mol. The van der Waals surface area contributed by atoms with Crippen molar-refractivity contribution < 1.29 is 32.2 Å². The van der Waals surface area contributed by atoms with E-state index in [1.807, 2.05) is 6.07 Å². The highest BCUT2D eigenvalue weighted by Crippen LogP contribution is 2.32. The second kappa shape index (κ2) is 12.9. The summed E-state index contributed by atoms with van der Waals surface area (Å²) in [4.78, 5) is 28.3. The van der Waals surface area contributed by atoms with E-state index in [0.717, 1.165) is 41.8 Å². The Kier molecular flexibility index (Phi) is 9.84. The Morgan fingerprint density at radius 3 is 2.29 bits per heavy atom. The van der Waals surface area contributed by atoms with Crippen molar-refractivity contribution in [1.82, 2.24) is 10.2 Å². The van der Waals surface area contributed by atoms with Crippen molar-refractivity contribution >= 4 is 27.5 Å². The fourth-order valence-electron chi connectivity index (χ4n) is 4.54. The predicted octanol–water partition coefficient (Wildman–Crippen LogP) is 2.95. The Bertz CT molecular complexity index is 1230. The number of carbonyl (C=O) groups excluding carboxylic acids is 2. The number of methoxy groups -OCH3 is 3. The van der Waals surface area contributed by atoms with Gasteiger partial charge in [0.1, 0.15) is 18.3 Å². The standard InChI is InChI=1S/C27H37N3O7S/c1-19(27(32)28-21-10-6-7-11-21)29(17-20-9-8-12-23(15-20)35-2)26(31)18-30(38(5,33)34)22-13-14-24(36-3)25(16-22)37-4/h8-9,12-16,19,21H,6-7,10-11,17-18H2,1-5H3,(H,28,32)/t19-/m0/s1. The van der Waals surface area contributed by atoms with Crippen molar-refractivity contribution in [2.24, 2.45) is 0 Å². The van der Waals surface area contributed by atoms with E-state index < -0.39 is 28.5 Å². The lowest BCUT2D eigenvalue weighted by molar-refractivity contribution is -0.139. The molecule has 1 atom stereocenters. The van der Waals surface area contributed by atoms with Crippen molar-refractivity contribution in [3.8, 4) is 17.2 Å². The molecule has 10 nitrogen and oxygen atoms in total. The highest BCUT2D eigenvalue weighted by atomic mass is 32.2. The van der Waals surface area contributed by atoms with E-state index in [9.17, 15) is 18.0 Å².